The van der Waals surface area contributed by atoms with E-state index in [0.29, 0.717) is 17.4 Å². The SMILES string of the molecule is CCCC/C=C\C/C=C\CCCCCCCC(=O)O[C@H](COC(=O)CCCCCCC/C=C\C/C=C\CCCCC)COP(=O)(O)OCC[N+](C)(C)C. The fourth-order valence-electron chi connectivity index (χ4n) is 5.23. The molecule has 0 saturated carbocycles. The first-order chi connectivity index (χ1) is 25.5. The van der Waals surface area contributed by atoms with Gasteiger partial charge in [-0.25, -0.2) is 4.57 Å². The number of carbonyl (C=O) groups excluding carboxylic acids is 2. The average molecular weight is 769 g/mol. The van der Waals surface area contributed by atoms with Gasteiger partial charge in [0.05, 0.1) is 27.7 Å². The Morgan fingerprint density at radius 2 is 1.04 bits per heavy atom. The highest BCUT2D eigenvalue weighted by atomic mass is 31.2. The number of hydrogen-bond acceptors (Lipinski definition) is 7. The molecule has 9 nitrogen and oxygen atoms in total. The lowest BCUT2D eigenvalue weighted by molar-refractivity contribution is -0.870. The number of likely N-dealkylation sites (N-methyl/N-ethyl adjacent to an activating group) is 1. The minimum atomic E-state index is -4.38. The Hall–Kier alpha value is -2.03. The predicted molar refractivity (Wildman–Crippen MR) is 220 cm³/mol. The van der Waals surface area contributed by atoms with Gasteiger partial charge in [0, 0.05) is 12.8 Å². The normalized spacial score (nSPS) is 14.2. The average Bonchev–Trinajstić information content (AvgIpc) is 3.10. The van der Waals surface area contributed by atoms with Gasteiger partial charge in [0.15, 0.2) is 6.10 Å². The van der Waals surface area contributed by atoms with E-state index in [1.807, 2.05) is 21.1 Å². The summed E-state index contributed by atoms with van der Waals surface area (Å²) in [5.41, 5.74) is 0. The molecular weight excluding hydrogens is 689 g/mol. The van der Waals surface area contributed by atoms with Crippen LogP contribution in [0.4, 0.5) is 0 Å². The van der Waals surface area contributed by atoms with Gasteiger partial charge in [-0.15, -0.1) is 0 Å². The number of phosphoric ester groups is 1. The first-order valence-electron chi connectivity index (χ1n) is 20.9. The van der Waals surface area contributed by atoms with E-state index in [1.165, 1.54) is 38.5 Å². The van der Waals surface area contributed by atoms with Crippen LogP contribution in [-0.2, 0) is 32.7 Å². The molecule has 0 radical (unpaired) electrons. The number of hydrogen-bond donors (Lipinski definition) is 1. The maximum absolute atomic E-state index is 12.6. The molecule has 0 aromatic rings. The lowest BCUT2D eigenvalue weighted by atomic mass is 10.1. The number of esters is 2. The molecule has 0 bridgehead atoms. The molecule has 0 heterocycles. The van der Waals surface area contributed by atoms with Gasteiger partial charge in [-0.05, 0) is 70.6 Å². The first-order valence-corrected chi connectivity index (χ1v) is 22.4. The second kappa shape index (κ2) is 35.7. The highest BCUT2D eigenvalue weighted by Gasteiger charge is 2.27. The van der Waals surface area contributed by atoms with Crippen molar-refractivity contribution in [1.29, 1.82) is 0 Å². The molecule has 0 aromatic heterocycles. The molecule has 0 rings (SSSR count). The number of unbranched alkanes of at least 4 members (excludes halogenated alkanes) is 15. The van der Waals surface area contributed by atoms with Crippen molar-refractivity contribution in [1.82, 2.24) is 0 Å². The van der Waals surface area contributed by atoms with E-state index in [1.54, 1.807) is 0 Å². The van der Waals surface area contributed by atoms with Crippen molar-refractivity contribution in [3.05, 3.63) is 48.6 Å². The molecule has 0 spiro atoms. The van der Waals surface area contributed by atoms with E-state index in [9.17, 15) is 19.0 Å². The largest absolute Gasteiger partial charge is 0.472 e. The van der Waals surface area contributed by atoms with Gasteiger partial charge in [0.1, 0.15) is 19.8 Å². The van der Waals surface area contributed by atoms with Crippen molar-refractivity contribution in [3.63, 3.8) is 0 Å². The van der Waals surface area contributed by atoms with Crippen molar-refractivity contribution >= 4 is 19.8 Å². The predicted octanol–water partition coefficient (Wildman–Crippen LogP) is 11.5. The summed E-state index contributed by atoms with van der Waals surface area (Å²) in [7, 11) is 1.45. The van der Waals surface area contributed by atoms with Gasteiger partial charge >= 0.3 is 19.8 Å². The molecule has 53 heavy (non-hydrogen) atoms. The van der Waals surface area contributed by atoms with Crippen molar-refractivity contribution in [2.24, 2.45) is 0 Å². The van der Waals surface area contributed by atoms with Crippen LogP contribution in [0, 0.1) is 0 Å². The minimum absolute atomic E-state index is 0.0248. The Bertz CT molecular complexity index is 1050. The molecule has 10 heteroatoms. The summed E-state index contributed by atoms with van der Waals surface area (Å²) in [6, 6.07) is 0. The van der Waals surface area contributed by atoms with Crippen LogP contribution in [0.15, 0.2) is 48.6 Å². The van der Waals surface area contributed by atoms with Crippen LogP contribution in [0.5, 0.6) is 0 Å². The van der Waals surface area contributed by atoms with Gasteiger partial charge in [0.2, 0.25) is 0 Å². The van der Waals surface area contributed by atoms with Crippen LogP contribution in [0.2, 0.25) is 0 Å². The molecule has 1 N–H and O–H groups in total. The zero-order valence-electron chi connectivity index (χ0n) is 34.5. The molecule has 1 unspecified atom stereocenters. The number of nitrogens with zero attached hydrogens (tertiary/aromatic N) is 1. The van der Waals surface area contributed by atoms with Gasteiger partial charge in [-0.3, -0.25) is 18.6 Å². The van der Waals surface area contributed by atoms with E-state index in [0.717, 1.165) is 89.9 Å². The second-order valence-electron chi connectivity index (χ2n) is 15.0. The molecular formula is C43H79NO8P+. The standard InChI is InChI=1S/C43H78NO8P/c1-6-8-10-12-14-16-18-20-22-24-25-27-29-31-33-35-42(45)49-39-41(40-51-53(47,48)50-38-37-44(3,4)5)52-43(46)36-34-32-30-28-26-23-21-19-17-15-13-11-9-7-2/h13-16,19-22,41H,6-12,17-18,23-40H2,1-5H3/p+1/b15-13-,16-14-,21-19-,22-20-/t41-/m1/s1. The van der Waals surface area contributed by atoms with Crippen LogP contribution in [0.1, 0.15) is 162 Å². The number of ether oxygens (including phenoxy) is 2. The lowest BCUT2D eigenvalue weighted by Crippen LogP contribution is -2.37. The van der Waals surface area contributed by atoms with Gasteiger partial charge in [0.25, 0.3) is 0 Å². The topological polar surface area (TPSA) is 108 Å². The number of phosphoric acid groups is 1. The highest BCUT2D eigenvalue weighted by Crippen LogP contribution is 2.43. The van der Waals surface area contributed by atoms with Crippen LogP contribution < -0.4 is 0 Å². The molecule has 0 aromatic carbocycles. The fraction of sp³-hybridized carbons (Fsp3) is 0.767. The van der Waals surface area contributed by atoms with E-state index in [2.05, 4.69) is 62.5 Å². The van der Waals surface area contributed by atoms with E-state index >= 15 is 0 Å². The Morgan fingerprint density at radius 1 is 0.585 bits per heavy atom. The van der Waals surface area contributed by atoms with Crippen molar-refractivity contribution < 1.29 is 42.1 Å². The Morgan fingerprint density at radius 3 is 1.55 bits per heavy atom. The maximum atomic E-state index is 12.6. The van der Waals surface area contributed by atoms with E-state index in [-0.39, 0.29) is 32.0 Å². The smallest absolute Gasteiger partial charge is 0.462 e. The minimum Gasteiger partial charge on any atom is -0.462 e. The van der Waals surface area contributed by atoms with Crippen LogP contribution in [-0.4, -0.2) is 74.9 Å². The van der Waals surface area contributed by atoms with Crippen molar-refractivity contribution in [2.75, 3.05) is 47.5 Å². The van der Waals surface area contributed by atoms with E-state index in [4.69, 9.17) is 18.5 Å². The second-order valence-corrected chi connectivity index (χ2v) is 16.5. The van der Waals surface area contributed by atoms with Crippen molar-refractivity contribution in [2.45, 2.75) is 168 Å². The fourth-order valence-corrected chi connectivity index (χ4v) is 5.98. The lowest BCUT2D eigenvalue weighted by Gasteiger charge is -2.24. The molecule has 0 fully saturated rings. The first kappa shape index (κ1) is 51.0. The Kier molecular flexibility index (Phi) is 34.3. The number of allylic oxidation sites excluding steroid dienone is 8. The molecule has 0 aliphatic rings. The molecule has 308 valence electrons. The molecule has 0 saturated heterocycles. The third-order valence-electron chi connectivity index (χ3n) is 8.58. The highest BCUT2D eigenvalue weighted by molar-refractivity contribution is 7.47. The van der Waals surface area contributed by atoms with Gasteiger partial charge in [-0.1, -0.05) is 127 Å². The molecule has 0 aliphatic carbocycles. The Balaban J connectivity index is 4.45. The van der Waals surface area contributed by atoms with Crippen molar-refractivity contribution in [3.8, 4) is 0 Å². The monoisotopic (exact) mass is 769 g/mol. The summed E-state index contributed by atoms with van der Waals surface area (Å²) < 4.78 is 34.2. The molecule has 2 atom stereocenters. The van der Waals surface area contributed by atoms with Gasteiger partial charge < -0.3 is 18.9 Å². The summed E-state index contributed by atoms with van der Waals surface area (Å²) in [5.74, 6) is -0.835. The third kappa shape index (κ3) is 39.5. The summed E-state index contributed by atoms with van der Waals surface area (Å²) in [6.45, 7) is 4.30. The van der Waals surface area contributed by atoms with Crippen LogP contribution >= 0.6 is 7.82 Å². The number of carbonyl (C=O) groups is 2. The van der Waals surface area contributed by atoms with Gasteiger partial charge in [-0.2, -0.15) is 0 Å². The summed E-state index contributed by atoms with van der Waals surface area (Å²) in [6.07, 6.45) is 40.1. The zero-order chi connectivity index (χ0) is 39.3. The zero-order valence-corrected chi connectivity index (χ0v) is 35.4. The number of quaternary nitrogens is 1. The third-order valence-corrected chi connectivity index (χ3v) is 9.57. The molecule has 0 amide bonds. The summed E-state index contributed by atoms with van der Waals surface area (Å²) >= 11 is 0. The van der Waals surface area contributed by atoms with E-state index < -0.39 is 26.5 Å². The van der Waals surface area contributed by atoms with Crippen LogP contribution in [0.3, 0.4) is 0 Å². The van der Waals surface area contributed by atoms with Crippen LogP contribution in [0.25, 0.3) is 0 Å². The Labute approximate surface area is 324 Å². The summed E-state index contributed by atoms with van der Waals surface area (Å²) in [5, 5.41) is 0. The molecule has 0 aliphatic heterocycles. The number of rotatable bonds is 37. The quantitative estimate of drug-likeness (QED) is 0.0219. The summed E-state index contributed by atoms with van der Waals surface area (Å²) in [4.78, 5) is 35.3. The maximum Gasteiger partial charge on any atom is 0.472 e.